The van der Waals surface area contributed by atoms with E-state index in [-0.39, 0.29) is 0 Å². The molecule has 3 nitrogen and oxygen atoms in total. The highest BCUT2D eigenvalue weighted by Crippen LogP contribution is 2.30. The zero-order chi connectivity index (χ0) is 13.1. The second kappa shape index (κ2) is 5.50. The maximum atomic E-state index is 4.64. The molecule has 0 radical (unpaired) electrons. The lowest BCUT2D eigenvalue weighted by Gasteiger charge is -2.16. The number of hydrogen-bond acceptors (Lipinski definition) is 4. The Kier molecular flexibility index (Phi) is 3.99. The van der Waals surface area contributed by atoms with Crippen molar-refractivity contribution in [2.24, 2.45) is 0 Å². The van der Waals surface area contributed by atoms with Crippen LogP contribution in [0.15, 0.2) is 24.3 Å². The number of thiazole rings is 1. The van der Waals surface area contributed by atoms with Gasteiger partial charge in [-0.1, -0.05) is 23.5 Å². The summed E-state index contributed by atoms with van der Waals surface area (Å²) in [5.41, 5.74) is 3.56. The number of hydrogen-bond donors (Lipinski definition) is 1. The van der Waals surface area contributed by atoms with Crippen LogP contribution in [0.4, 0.5) is 10.8 Å². The number of aromatic nitrogens is 1. The monoisotopic (exact) mass is 261 g/mol. The topological polar surface area (TPSA) is 28.2 Å². The molecule has 0 bridgehead atoms. The average molecular weight is 261 g/mol. The fraction of sp³-hybridized carbons (Fsp3) is 0.357. The van der Waals surface area contributed by atoms with Crippen molar-refractivity contribution in [2.75, 3.05) is 19.0 Å². The van der Waals surface area contributed by atoms with E-state index in [0.29, 0.717) is 0 Å². The predicted molar refractivity (Wildman–Crippen MR) is 78.9 cm³/mol. The molecule has 18 heavy (non-hydrogen) atoms. The van der Waals surface area contributed by atoms with Crippen molar-refractivity contribution < 1.29 is 0 Å². The second-order valence-corrected chi connectivity index (χ2v) is 5.50. The number of benzene rings is 1. The van der Waals surface area contributed by atoms with Gasteiger partial charge in [-0.3, -0.25) is 0 Å². The molecule has 0 aliphatic heterocycles. The molecule has 0 saturated heterocycles. The average Bonchev–Trinajstić information content (AvgIpc) is 2.71. The standard InChI is InChI=1S/C14H19N3S/c1-10-6-5-7-12(8-10)17(4)14-16-11(2)13(18-14)9-15-3/h5-8,15H,9H2,1-4H3. The Morgan fingerprint density at radius 3 is 2.78 bits per heavy atom. The molecular weight excluding hydrogens is 242 g/mol. The van der Waals surface area contributed by atoms with Crippen LogP contribution in [0.5, 0.6) is 0 Å². The van der Waals surface area contributed by atoms with Gasteiger partial charge in [0.25, 0.3) is 0 Å². The molecule has 0 unspecified atom stereocenters. The third kappa shape index (κ3) is 2.71. The fourth-order valence-electron chi connectivity index (χ4n) is 1.83. The van der Waals surface area contributed by atoms with Gasteiger partial charge in [0.15, 0.2) is 5.13 Å². The summed E-state index contributed by atoms with van der Waals surface area (Å²) in [7, 11) is 4.03. The minimum Gasteiger partial charge on any atom is -0.321 e. The van der Waals surface area contributed by atoms with Crippen molar-refractivity contribution >= 4 is 22.2 Å². The Morgan fingerprint density at radius 2 is 2.11 bits per heavy atom. The van der Waals surface area contributed by atoms with E-state index in [0.717, 1.165) is 17.4 Å². The first-order chi connectivity index (χ1) is 8.61. The predicted octanol–water partition coefficient (Wildman–Crippen LogP) is 3.25. The summed E-state index contributed by atoms with van der Waals surface area (Å²) in [5.74, 6) is 0. The molecule has 2 aromatic rings. The Hall–Kier alpha value is -1.39. The number of nitrogens with zero attached hydrogens (tertiary/aromatic N) is 2. The summed E-state index contributed by atoms with van der Waals surface area (Å²) in [6.45, 7) is 5.05. The molecule has 2 rings (SSSR count). The highest BCUT2D eigenvalue weighted by Gasteiger charge is 2.12. The van der Waals surface area contributed by atoms with E-state index in [2.05, 4.69) is 60.4 Å². The maximum absolute atomic E-state index is 4.64. The molecule has 0 aliphatic rings. The molecule has 0 fully saturated rings. The van der Waals surface area contributed by atoms with Gasteiger partial charge in [-0.2, -0.15) is 0 Å². The summed E-state index contributed by atoms with van der Waals surface area (Å²) in [6, 6.07) is 8.48. The number of anilines is 2. The molecule has 96 valence electrons. The van der Waals surface area contributed by atoms with Crippen LogP contribution >= 0.6 is 11.3 Å². The molecule has 1 aromatic heterocycles. The molecule has 1 heterocycles. The van der Waals surface area contributed by atoms with Crippen LogP contribution in [0.2, 0.25) is 0 Å². The first kappa shape index (κ1) is 13.1. The van der Waals surface area contributed by atoms with E-state index in [1.165, 1.54) is 16.1 Å². The van der Waals surface area contributed by atoms with Gasteiger partial charge in [0, 0.05) is 24.2 Å². The summed E-state index contributed by atoms with van der Waals surface area (Å²) in [6.07, 6.45) is 0. The lowest BCUT2D eigenvalue weighted by atomic mass is 10.2. The molecule has 4 heteroatoms. The highest BCUT2D eigenvalue weighted by atomic mass is 32.1. The van der Waals surface area contributed by atoms with Crippen molar-refractivity contribution in [3.63, 3.8) is 0 Å². The summed E-state index contributed by atoms with van der Waals surface area (Å²) in [5, 5.41) is 4.22. The van der Waals surface area contributed by atoms with Crippen LogP contribution in [0.3, 0.4) is 0 Å². The smallest absolute Gasteiger partial charge is 0.190 e. The van der Waals surface area contributed by atoms with E-state index in [1.807, 2.05) is 7.05 Å². The number of aryl methyl sites for hydroxylation is 2. The number of rotatable bonds is 4. The molecule has 1 N–H and O–H groups in total. The molecule has 0 amide bonds. The van der Waals surface area contributed by atoms with Crippen LogP contribution in [-0.2, 0) is 6.54 Å². The van der Waals surface area contributed by atoms with Gasteiger partial charge in [-0.25, -0.2) is 4.98 Å². The Balaban J connectivity index is 2.28. The van der Waals surface area contributed by atoms with E-state index in [4.69, 9.17) is 0 Å². The third-order valence-electron chi connectivity index (χ3n) is 2.89. The Morgan fingerprint density at radius 1 is 1.33 bits per heavy atom. The molecular formula is C14H19N3S. The van der Waals surface area contributed by atoms with E-state index < -0.39 is 0 Å². The van der Waals surface area contributed by atoms with Crippen molar-refractivity contribution in [1.29, 1.82) is 0 Å². The largest absolute Gasteiger partial charge is 0.321 e. The van der Waals surface area contributed by atoms with Crippen LogP contribution in [-0.4, -0.2) is 19.1 Å². The molecule has 0 spiro atoms. The lowest BCUT2D eigenvalue weighted by Crippen LogP contribution is -2.08. The fourth-order valence-corrected chi connectivity index (χ4v) is 2.88. The molecule has 0 saturated carbocycles. The molecule has 1 aromatic carbocycles. The summed E-state index contributed by atoms with van der Waals surface area (Å²) >= 11 is 1.75. The third-order valence-corrected chi connectivity index (χ3v) is 4.13. The minimum absolute atomic E-state index is 0.880. The SMILES string of the molecule is CNCc1sc(N(C)c2cccc(C)c2)nc1C. The quantitative estimate of drug-likeness (QED) is 0.915. The van der Waals surface area contributed by atoms with Crippen LogP contribution in [0, 0.1) is 13.8 Å². The van der Waals surface area contributed by atoms with Gasteiger partial charge in [-0.05, 0) is 38.6 Å². The number of nitrogens with one attached hydrogen (secondary N) is 1. The first-order valence-electron chi connectivity index (χ1n) is 6.03. The van der Waals surface area contributed by atoms with Gasteiger partial charge in [-0.15, -0.1) is 0 Å². The van der Waals surface area contributed by atoms with Gasteiger partial charge in [0.05, 0.1) is 5.69 Å². The van der Waals surface area contributed by atoms with Gasteiger partial charge in [0.2, 0.25) is 0 Å². The van der Waals surface area contributed by atoms with Crippen LogP contribution in [0.1, 0.15) is 16.1 Å². The van der Waals surface area contributed by atoms with Crippen LogP contribution < -0.4 is 10.2 Å². The van der Waals surface area contributed by atoms with Gasteiger partial charge < -0.3 is 10.2 Å². The van der Waals surface area contributed by atoms with E-state index in [1.54, 1.807) is 11.3 Å². The Labute approximate surface area is 112 Å². The zero-order valence-electron chi connectivity index (χ0n) is 11.3. The van der Waals surface area contributed by atoms with E-state index in [9.17, 15) is 0 Å². The molecule has 0 aliphatic carbocycles. The maximum Gasteiger partial charge on any atom is 0.190 e. The van der Waals surface area contributed by atoms with Gasteiger partial charge in [0.1, 0.15) is 0 Å². The lowest BCUT2D eigenvalue weighted by molar-refractivity contribution is 0.822. The van der Waals surface area contributed by atoms with Crippen molar-refractivity contribution in [2.45, 2.75) is 20.4 Å². The summed E-state index contributed by atoms with van der Waals surface area (Å²) in [4.78, 5) is 8.08. The summed E-state index contributed by atoms with van der Waals surface area (Å²) < 4.78 is 0. The first-order valence-corrected chi connectivity index (χ1v) is 6.84. The van der Waals surface area contributed by atoms with Crippen molar-refractivity contribution in [3.05, 3.63) is 40.4 Å². The second-order valence-electron chi connectivity index (χ2n) is 4.43. The highest BCUT2D eigenvalue weighted by molar-refractivity contribution is 7.15. The van der Waals surface area contributed by atoms with Gasteiger partial charge >= 0.3 is 0 Å². The van der Waals surface area contributed by atoms with Crippen molar-refractivity contribution in [1.82, 2.24) is 10.3 Å². The normalized spacial score (nSPS) is 10.7. The Bertz CT molecular complexity index is 534. The minimum atomic E-state index is 0.880. The van der Waals surface area contributed by atoms with Crippen LogP contribution in [0.25, 0.3) is 0 Å². The van der Waals surface area contributed by atoms with Crippen molar-refractivity contribution in [3.8, 4) is 0 Å². The molecule has 0 atom stereocenters. The van der Waals surface area contributed by atoms with E-state index >= 15 is 0 Å². The zero-order valence-corrected chi connectivity index (χ0v) is 12.1.